The first-order valence-electron chi connectivity index (χ1n) is 5.45. The van der Waals surface area contributed by atoms with E-state index in [9.17, 15) is 9.18 Å². The minimum Gasteiger partial charge on any atom is -0.475 e. The second-order valence-corrected chi connectivity index (χ2v) is 4.15. The molecule has 1 heterocycles. The van der Waals surface area contributed by atoms with Gasteiger partial charge in [-0.3, -0.25) is 0 Å². The number of hydrogen-bond acceptors (Lipinski definition) is 3. The molecule has 0 aliphatic carbocycles. The van der Waals surface area contributed by atoms with E-state index in [0.29, 0.717) is 11.5 Å². The van der Waals surface area contributed by atoms with Gasteiger partial charge in [0.15, 0.2) is 0 Å². The summed E-state index contributed by atoms with van der Waals surface area (Å²) in [6.07, 6.45) is 0. The van der Waals surface area contributed by atoms with Crippen molar-refractivity contribution in [2.45, 2.75) is 19.8 Å². The number of hydrogen-bond donors (Lipinski definition) is 1. The maximum atomic E-state index is 13.2. The van der Waals surface area contributed by atoms with E-state index in [4.69, 9.17) is 5.11 Å². The molecule has 0 radical (unpaired) electrons. The Morgan fingerprint density at radius 3 is 2.72 bits per heavy atom. The van der Waals surface area contributed by atoms with Crippen LogP contribution in [0.3, 0.4) is 0 Å². The van der Waals surface area contributed by atoms with Gasteiger partial charge in [-0.15, -0.1) is 5.10 Å². The molecular formula is C12H12FN3O2. The Kier molecular flexibility index (Phi) is 3.10. The number of carboxylic acid groups (broad SMARTS) is 1. The number of rotatable bonds is 3. The summed E-state index contributed by atoms with van der Waals surface area (Å²) in [6.45, 7) is 3.73. The highest BCUT2D eigenvalue weighted by Gasteiger charge is 2.18. The van der Waals surface area contributed by atoms with Crippen LogP contribution in [-0.4, -0.2) is 25.8 Å². The van der Waals surface area contributed by atoms with E-state index in [2.05, 4.69) is 10.1 Å². The number of halogens is 1. The predicted molar refractivity (Wildman–Crippen MR) is 62.4 cm³/mol. The molecule has 0 amide bonds. The lowest BCUT2D eigenvalue weighted by Crippen LogP contribution is -2.05. The second-order valence-electron chi connectivity index (χ2n) is 4.15. The lowest BCUT2D eigenvalue weighted by atomic mass is 10.2. The van der Waals surface area contributed by atoms with Crippen LogP contribution in [-0.2, 0) is 0 Å². The molecule has 0 saturated heterocycles. The van der Waals surface area contributed by atoms with Gasteiger partial charge >= 0.3 is 5.97 Å². The Bertz CT molecular complexity index is 593. The number of carboxylic acids is 1. The maximum Gasteiger partial charge on any atom is 0.375 e. The molecule has 1 aromatic heterocycles. The third-order valence-corrected chi connectivity index (χ3v) is 2.39. The number of nitrogens with zero attached hydrogens (tertiary/aromatic N) is 3. The van der Waals surface area contributed by atoms with E-state index >= 15 is 0 Å². The summed E-state index contributed by atoms with van der Waals surface area (Å²) >= 11 is 0. The Balaban J connectivity index is 2.58. The molecule has 0 atom stereocenters. The van der Waals surface area contributed by atoms with E-state index in [1.54, 1.807) is 6.07 Å². The molecule has 94 valence electrons. The zero-order valence-electron chi connectivity index (χ0n) is 9.96. The average Bonchev–Trinajstić information content (AvgIpc) is 2.73. The van der Waals surface area contributed by atoms with Crippen LogP contribution >= 0.6 is 0 Å². The van der Waals surface area contributed by atoms with Gasteiger partial charge < -0.3 is 5.11 Å². The van der Waals surface area contributed by atoms with Gasteiger partial charge in [-0.2, -0.15) is 0 Å². The minimum absolute atomic E-state index is 0.0196. The van der Waals surface area contributed by atoms with Crippen LogP contribution in [0.4, 0.5) is 4.39 Å². The van der Waals surface area contributed by atoms with E-state index in [1.165, 1.54) is 22.9 Å². The molecule has 0 aliphatic rings. The third-order valence-electron chi connectivity index (χ3n) is 2.39. The molecule has 0 saturated carbocycles. The molecule has 2 rings (SSSR count). The van der Waals surface area contributed by atoms with Crippen molar-refractivity contribution in [2.75, 3.05) is 0 Å². The number of aromatic nitrogens is 3. The molecule has 6 heteroatoms. The van der Waals surface area contributed by atoms with Gasteiger partial charge in [0.05, 0.1) is 5.69 Å². The Labute approximate surface area is 103 Å². The Hall–Kier alpha value is -2.24. The third kappa shape index (κ3) is 2.22. The van der Waals surface area contributed by atoms with Crippen molar-refractivity contribution in [3.63, 3.8) is 0 Å². The predicted octanol–water partition coefficient (Wildman–Crippen LogP) is 2.23. The van der Waals surface area contributed by atoms with Crippen LogP contribution in [0.25, 0.3) is 5.69 Å². The summed E-state index contributed by atoms with van der Waals surface area (Å²) in [5.74, 6) is -1.43. The van der Waals surface area contributed by atoms with Crippen molar-refractivity contribution in [1.82, 2.24) is 14.8 Å². The highest BCUT2D eigenvalue weighted by atomic mass is 19.1. The Morgan fingerprint density at radius 1 is 1.44 bits per heavy atom. The Morgan fingerprint density at radius 2 is 2.17 bits per heavy atom. The SMILES string of the molecule is CC(C)c1nc(C(=O)O)nn1-c1cccc(F)c1. The van der Waals surface area contributed by atoms with Crippen LogP contribution in [0.15, 0.2) is 24.3 Å². The largest absolute Gasteiger partial charge is 0.475 e. The minimum atomic E-state index is -1.20. The molecule has 0 spiro atoms. The zero-order valence-corrected chi connectivity index (χ0v) is 9.96. The van der Waals surface area contributed by atoms with Gasteiger partial charge in [0.25, 0.3) is 5.82 Å². The smallest absolute Gasteiger partial charge is 0.375 e. The van der Waals surface area contributed by atoms with Crippen LogP contribution < -0.4 is 0 Å². The molecule has 1 N–H and O–H groups in total. The van der Waals surface area contributed by atoms with Crippen molar-refractivity contribution in [3.05, 3.63) is 41.7 Å². The molecule has 0 aliphatic heterocycles. The van der Waals surface area contributed by atoms with Crippen LogP contribution in [0.1, 0.15) is 36.2 Å². The van der Waals surface area contributed by atoms with Crippen LogP contribution in [0.5, 0.6) is 0 Å². The van der Waals surface area contributed by atoms with Gasteiger partial charge in [-0.05, 0) is 18.2 Å². The monoisotopic (exact) mass is 249 g/mol. The summed E-state index contributed by atoms with van der Waals surface area (Å²) in [4.78, 5) is 14.8. The highest BCUT2D eigenvalue weighted by Crippen LogP contribution is 2.18. The molecule has 0 unspecified atom stereocenters. The van der Waals surface area contributed by atoms with Gasteiger partial charge in [0.1, 0.15) is 11.6 Å². The first-order valence-corrected chi connectivity index (χ1v) is 5.45. The fourth-order valence-electron chi connectivity index (χ4n) is 1.59. The average molecular weight is 249 g/mol. The first kappa shape index (κ1) is 12.2. The topological polar surface area (TPSA) is 68.0 Å². The molecule has 0 bridgehead atoms. The first-order chi connectivity index (χ1) is 8.49. The standard InChI is InChI=1S/C12H12FN3O2/c1-7(2)11-14-10(12(17)18)15-16(11)9-5-3-4-8(13)6-9/h3-7H,1-2H3,(H,17,18). The van der Waals surface area contributed by atoms with Gasteiger partial charge in [-0.25, -0.2) is 18.9 Å². The molecule has 0 fully saturated rings. The second kappa shape index (κ2) is 4.56. The van der Waals surface area contributed by atoms with Gasteiger partial charge in [0.2, 0.25) is 0 Å². The summed E-state index contributed by atoms with van der Waals surface area (Å²) in [5, 5.41) is 12.8. The number of aromatic carboxylic acids is 1. The van der Waals surface area contributed by atoms with E-state index in [1.807, 2.05) is 13.8 Å². The number of carbonyl (C=O) groups is 1. The van der Waals surface area contributed by atoms with Crippen LogP contribution in [0.2, 0.25) is 0 Å². The van der Waals surface area contributed by atoms with Crippen molar-refractivity contribution < 1.29 is 14.3 Å². The molecular weight excluding hydrogens is 237 g/mol. The number of benzene rings is 1. The fraction of sp³-hybridized carbons (Fsp3) is 0.250. The van der Waals surface area contributed by atoms with Gasteiger partial charge in [0, 0.05) is 5.92 Å². The van der Waals surface area contributed by atoms with Crippen molar-refractivity contribution in [3.8, 4) is 5.69 Å². The molecule has 5 nitrogen and oxygen atoms in total. The normalized spacial score (nSPS) is 10.9. The molecule has 2 aromatic rings. The van der Waals surface area contributed by atoms with Crippen LogP contribution in [0, 0.1) is 5.82 Å². The zero-order chi connectivity index (χ0) is 13.3. The lowest BCUT2D eigenvalue weighted by Gasteiger charge is -2.07. The van der Waals surface area contributed by atoms with Crippen molar-refractivity contribution >= 4 is 5.97 Å². The lowest BCUT2D eigenvalue weighted by molar-refractivity contribution is 0.0683. The summed E-state index contributed by atoms with van der Waals surface area (Å²) in [6, 6.07) is 5.78. The van der Waals surface area contributed by atoms with Crippen molar-refractivity contribution in [2.24, 2.45) is 0 Å². The summed E-state index contributed by atoms with van der Waals surface area (Å²) in [7, 11) is 0. The summed E-state index contributed by atoms with van der Waals surface area (Å²) < 4.78 is 14.5. The van der Waals surface area contributed by atoms with E-state index < -0.39 is 11.8 Å². The van der Waals surface area contributed by atoms with E-state index in [0.717, 1.165) is 0 Å². The summed E-state index contributed by atoms with van der Waals surface area (Å²) in [5.41, 5.74) is 0.457. The highest BCUT2D eigenvalue weighted by molar-refractivity contribution is 5.83. The fourth-order valence-corrected chi connectivity index (χ4v) is 1.59. The molecule has 18 heavy (non-hydrogen) atoms. The molecule has 1 aromatic carbocycles. The quantitative estimate of drug-likeness (QED) is 0.905. The van der Waals surface area contributed by atoms with E-state index in [-0.39, 0.29) is 11.7 Å². The van der Waals surface area contributed by atoms with Gasteiger partial charge in [-0.1, -0.05) is 19.9 Å². The van der Waals surface area contributed by atoms with Crippen molar-refractivity contribution in [1.29, 1.82) is 0 Å². The maximum absolute atomic E-state index is 13.2.